The van der Waals surface area contributed by atoms with Crippen molar-refractivity contribution in [2.75, 3.05) is 20.4 Å². The Bertz CT molecular complexity index is 1920. The van der Waals surface area contributed by atoms with Gasteiger partial charge in [-0.2, -0.15) is 0 Å². The SMILES string of the molecule is CC(=O)OCOC(=O)CCc1cc2c(cc1O)Oc1cc(O)c(CCC(=O)OCOC(C)=O)cc1C21OC(=O)c2cc(C(=O)OCOC(C)=O)ccc21. The van der Waals surface area contributed by atoms with Gasteiger partial charge in [-0.05, 0) is 48.2 Å². The Morgan fingerprint density at radius 3 is 1.57 bits per heavy atom. The maximum absolute atomic E-state index is 13.7. The zero-order valence-electron chi connectivity index (χ0n) is 28.5. The smallest absolute Gasteiger partial charge is 0.341 e. The monoisotopic (exact) mass is 736 g/mol. The van der Waals surface area contributed by atoms with Crippen molar-refractivity contribution in [3.8, 4) is 23.0 Å². The first-order chi connectivity index (χ1) is 25.2. The number of ether oxygens (including phenoxy) is 8. The number of aromatic hydroxyl groups is 2. The Hall–Kier alpha value is -6.65. The van der Waals surface area contributed by atoms with Crippen molar-refractivity contribution in [2.45, 2.75) is 52.1 Å². The van der Waals surface area contributed by atoms with Crippen LogP contribution in [0.1, 0.15) is 82.1 Å². The number of hydrogen-bond acceptors (Lipinski definition) is 17. The van der Waals surface area contributed by atoms with Gasteiger partial charge in [0.05, 0.1) is 11.1 Å². The van der Waals surface area contributed by atoms with Crippen LogP contribution in [0.3, 0.4) is 0 Å². The summed E-state index contributed by atoms with van der Waals surface area (Å²) in [7, 11) is 0. The molecule has 278 valence electrons. The Morgan fingerprint density at radius 2 is 1.09 bits per heavy atom. The largest absolute Gasteiger partial charge is 0.508 e. The van der Waals surface area contributed by atoms with Gasteiger partial charge in [0, 0.05) is 62.4 Å². The van der Waals surface area contributed by atoms with Crippen molar-refractivity contribution in [2.24, 2.45) is 0 Å². The second kappa shape index (κ2) is 15.7. The molecule has 0 atom stereocenters. The van der Waals surface area contributed by atoms with Gasteiger partial charge >= 0.3 is 41.8 Å². The molecule has 2 N–H and O–H groups in total. The first-order valence-corrected chi connectivity index (χ1v) is 15.9. The van der Waals surface area contributed by atoms with E-state index in [1.807, 2.05) is 0 Å². The molecule has 0 aromatic heterocycles. The number of aryl methyl sites for hydroxylation is 2. The van der Waals surface area contributed by atoms with Crippen LogP contribution in [0.5, 0.6) is 23.0 Å². The van der Waals surface area contributed by atoms with Gasteiger partial charge < -0.3 is 48.1 Å². The molecule has 2 aliphatic rings. The van der Waals surface area contributed by atoms with Crippen molar-refractivity contribution in [3.63, 3.8) is 0 Å². The van der Waals surface area contributed by atoms with E-state index < -0.39 is 67.8 Å². The van der Waals surface area contributed by atoms with E-state index in [4.69, 9.17) is 23.7 Å². The van der Waals surface area contributed by atoms with E-state index in [0.717, 1.165) is 20.8 Å². The molecular weight excluding hydrogens is 704 g/mol. The molecule has 3 aromatic carbocycles. The number of rotatable bonds is 13. The van der Waals surface area contributed by atoms with Crippen LogP contribution in [-0.4, -0.2) is 72.4 Å². The molecule has 0 saturated heterocycles. The molecule has 0 fully saturated rings. The van der Waals surface area contributed by atoms with Crippen LogP contribution >= 0.6 is 0 Å². The average molecular weight is 737 g/mol. The molecule has 5 rings (SSSR count). The number of hydrogen-bond donors (Lipinski definition) is 2. The molecule has 2 heterocycles. The minimum absolute atomic E-state index is 0.0166. The van der Waals surface area contributed by atoms with Crippen LogP contribution < -0.4 is 4.74 Å². The molecule has 1 spiro atoms. The lowest BCUT2D eigenvalue weighted by atomic mass is 9.76. The summed E-state index contributed by atoms with van der Waals surface area (Å²) in [4.78, 5) is 84.2. The van der Waals surface area contributed by atoms with E-state index in [1.54, 1.807) is 0 Å². The summed E-state index contributed by atoms with van der Waals surface area (Å²) in [5, 5.41) is 21.9. The van der Waals surface area contributed by atoms with E-state index in [-0.39, 0.29) is 87.6 Å². The predicted molar refractivity (Wildman–Crippen MR) is 172 cm³/mol. The van der Waals surface area contributed by atoms with Gasteiger partial charge in [0.15, 0.2) is 5.60 Å². The first-order valence-electron chi connectivity index (χ1n) is 15.9. The molecule has 0 saturated carbocycles. The average Bonchev–Trinajstić information content (AvgIpc) is 3.37. The maximum Gasteiger partial charge on any atom is 0.341 e. The summed E-state index contributed by atoms with van der Waals surface area (Å²) < 4.78 is 40.9. The Morgan fingerprint density at radius 1 is 0.623 bits per heavy atom. The molecule has 0 amide bonds. The van der Waals surface area contributed by atoms with Crippen molar-refractivity contribution in [1.82, 2.24) is 0 Å². The van der Waals surface area contributed by atoms with Crippen LogP contribution in [0.4, 0.5) is 0 Å². The highest BCUT2D eigenvalue weighted by molar-refractivity contribution is 6.00. The van der Waals surface area contributed by atoms with Gasteiger partial charge in [0.25, 0.3) is 0 Å². The summed E-state index contributed by atoms with van der Waals surface area (Å²) >= 11 is 0. The molecule has 0 unspecified atom stereocenters. The zero-order valence-corrected chi connectivity index (χ0v) is 28.5. The number of benzene rings is 3. The molecular formula is C36H32O17. The minimum Gasteiger partial charge on any atom is -0.508 e. The summed E-state index contributed by atoms with van der Waals surface area (Å²) in [5.41, 5.74) is -0.922. The lowest BCUT2D eigenvalue weighted by Gasteiger charge is -2.37. The fourth-order valence-electron chi connectivity index (χ4n) is 5.63. The fraction of sp³-hybridized carbons (Fsp3) is 0.306. The quantitative estimate of drug-likeness (QED) is 0.145. The van der Waals surface area contributed by atoms with Crippen LogP contribution in [0, 0.1) is 0 Å². The molecule has 17 nitrogen and oxygen atoms in total. The number of carbonyl (C=O) groups excluding carboxylic acids is 7. The van der Waals surface area contributed by atoms with Crippen LogP contribution in [-0.2, 0) is 75.6 Å². The van der Waals surface area contributed by atoms with Crippen molar-refractivity contribution in [1.29, 1.82) is 0 Å². The third-order valence-corrected chi connectivity index (χ3v) is 8.05. The Labute approximate surface area is 300 Å². The normalized spacial score (nSPS) is 12.9. The number of phenols is 2. The molecule has 53 heavy (non-hydrogen) atoms. The molecule has 0 bridgehead atoms. The van der Waals surface area contributed by atoms with Crippen molar-refractivity contribution < 1.29 is 81.7 Å². The number of esters is 7. The third kappa shape index (κ3) is 8.30. The maximum atomic E-state index is 13.7. The summed E-state index contributed by atoms with van der Waals surface area (Å²) in [6.07, 6.45) is -0.659. The highest BCUT2D eigenvalue weighted by Crippen LogP contribution is 2.58. The van der Waals surface area contributed by atoms with E-state index in [2.05, 4.69) is 14.2 Å². The van der Waals surface area contributed by atoms with E-state index in [1.165, 1.54) is 42.5 Å². The summed E-state index contributed by atoms with van der Waals surface area (Å²) in [6, 6.07) is 9.46. The van der Waals surface area contributed by atoms with E-state index in [0.29, 0.717) is 0 Å². The van der Waals surface area contributed by atoms with Crippen LogP contribution in [0.25, 0.3) is 0 Å². The lowest BCUT2D eigenvalue weighted by molar-refractivity contribution is -0.167. The minimum atomic E-state index is -1.83. The van der Waals surface area contributed by atoms with Gasteiger partial charge in [-0.15, -0.1) is 0 Å². The predicted octanol–water partition coefficient (Wildman–Crippen LogP) is 3.34. The van der Waals surface area contributed by atoms with Gasteiger partial charge in [-0.25, -0.2) is 9.59 Å². The van der Waals surface area contributed by atoms with Gasteiger partial charge in [-0.1, -0.05) is 6.07 Å². The van der Waals surface area contributed by atoms with Gasteiger partial charge in [0.1, 0.15) is 23.0 Å². The van der Waals surface area contributed by atoms with Crippen LogP contribution in [0.2, 0.25) is 0 Å². The van der Waals surface area contributed by atoms with Crippen molar-refractivity contribution >= 4 is 41.8 Å². The number of fused-ring (bicyclic) bond motifs is 6. The second-order valence-corrected chi connectivity index (χ2v) is 11.6. The highest BCUT2D eigenvalue weighted by atomic mass is 16.7. The van der Waals surface area contributed by atoms with Crippen LogP contribution in [0.15, 0.2) is 42.5 Å². The zero-order chi connectivity index (χ0) is 38.4. The molecule has 2 aliphatic heterocycles. The van der Waals surface area contributed by atoms with Gasteiger partial charge in [0.2, 0.25) is 20.4 Å². The number of phenolic OH excluding ortho intramolecular Hbond substituents is 2. The highest BCUT2D eigenvalue weighted by Gasteiger charge is 2.54. The van der Waals surface area contributed by atoms with E-state index in [9.17, 15) is 43.8 Å². The third-order valence-electron chi connectivity index (χ3n) is 8.05. The molecule has 17 heteroatoms. The summed E-state index contributed by atoms with van der Waals surface area (Å²) in [6.45, 7) is 1.58. The van der Waals surface area contributed by atoms with Crippen molar-refractivity contribution in [3.05, 3.63) is 81.4 Å². The molecule has 0 aliphatic carbocycles. The molecule has 0 radical (unpaired) electrons. The standard InChI is InChI=1S/C36H32O17/c1-18(37)46-15-49-32(42)8-5-21-11-26-30(13-28(21)40)52-31-14-29(41)22(6-9-33(43)50-16-47-19(2)38)12-27(31)36(26)25-7-4-23(10-24(25)35(45)53-36)34(44)51-17-48-20(3)39/h4,7,10-14,40-41H,5-6,8-9,15-17H2,1-3H3. The summed E-state index contributed by atoms with van der Waals surface area (Å²) in [5.74, 6) is -5.79. The van der Waals surface area contributed by atoms with E-state index >= 15 is 0 Å². The first kappa shape index (κ1) is 37.6. The molecule has 3 aromatic rings. The Balaban J connectivity index is 1.56. The topological polar surface area (TPSA) is 234 Å². The number of carbonyl (C=O) groups is 7. The van der Waals surface area contributed by atoms with Gasteiger partial charge in [-0.3, -0.25) is 24.0 Å². The fourth-order valence-corrected chi connectivity index (χ4v) is 5.63. The second-order valence-electron chi connectivity index (χ2n) is 11.6. The Kier molecular flexibility index (Phi) is 11.1. The lowest BCUT2D eigenvalue weighted by Crippen LogP contribution is -2.33.